The Balaban J connectivity index is 0.000000303. The van der Waals surface area contributed by atoms with Crippen molar-refractivity contribution >= 4 is 59.4 Å². The molecule has 6 rings (SSSR count). The summed E-state index contributed by atoms with van der Waals surface area (Å²) in [6, 6.07) is 15.3. The minimum atomic E-state index is -1.26. The van der Waals surface area contributed by atoms with Gasteiger partial charge in [0.1, 0.15) is 0 Å². The van der Waals surface area contributed by atoms with Gasteiger partial charge in [0.25, 0.3) is 0 Å². The predicted molar refractivity (Wildman–Crippen MR) is 303 cm³/mol. The van der Waals surface area contributed by atoms with Crippen molar-refractivity contribution in [1.29, 1.82) is 0 Å². The second-order valence-corrected chi connectivity index (χ2v) is 21.2. The number of urea groups is 2. The van der Waals surface area contributed by atoms with E-state index >= 15 is 0 Å². The molecule has 4 heterocycles. The van der Waals surface area contributed by atoms with Crippen molar-refractivity contribution in [2.75, 3.05) is 120 Å². The van der Waals surface area contributed by atoms with Gasteiger partial charge in [-0.1, -0.05) is 47.5 Å². The molecule has 0 bridgehead atoms. The Morgan fingerprint density at radius 3 is 1.39 bits per heavy atom. The molecule has 0 saturated carbocycles. The van der Waals surface area contributed by atoms with E-state index in [4.69, 9.17) is 52.4 Å². The van der Waals surface area contributed by atoms with Crippen molar-refractivity contribution < 1.29 is 67.4 Å². The van der Waals surface area contributed by atoms with Gasteiger partial charge >= 0.3 is 36.2 Å². The van der Waals surface area contributed by atoms with Crippen molar-refractivity contribution in [2.45, 2.75) is 88.5 Å². The number of carbonyl (C=O) groups is 6. The lowest BCUT2D eigenvalue weighted by Gasteiger charge is -2.38. The van der Waals surface area contributed by atoms with Crippen LogP contribution in [-0.2, 0) is 38.0 Å². The van der Waals surface area contributed by atoms with E-state index in [1.54, 1.807) is 0 Å². The van der Waals surface area contributed by atoms with Crippen LogP contribution in [0, 0.1) is 23.7 Å². The standard InChI is InChI=1S/2C26H41ClN4O5.C4H4O4/c2*1-28-16-23(14-19-6-5-12-35-18-19)30-25(32)31-11-4-8-21(17-31)24(20-7-3-9-22(27)15-20)36-13-10-29-26(33)34-2;5-3(6)1-2-4(7)8/h2*3,7,9,15,19,21,23-24,28H,4-6,8,10-14,16-18H2,1-2H3,(H,29,33)(H,30,32);1-2H,(H,5,6)(H,7,8)/b;;2-1+/t2*19-,21-,23+,24+;/m11./s1. The second-order valence-electron chi connectivity index (χ2n) is 20.3. The number of alkyl carbamates (subject to hydrolysis) is 2. The zero-order valence-corrected chi connectivity index (χ0v) is 48.3. The largest absolute Gasteiger partial charge is 0.478 e. The van der Waals surface area contributed by atoms with Crippen LogP contribution >= 0.6 is 23.2 Å². The lowest BCUT2D eigenvalue weighted by Crippen LogP contribution is -2.52. The van der Waals surface area contributed by atoms with Crippen LogP contribution in [0.5, 0.6) is 0 Å². The number of nitrogens with zero attached hydrogens (tertiary/aromatic N) is 2. The number of hydrogen-bond acceptors (Lipinski definition) is 14. The molecule has 8 atom stereocenters. The molecule has 0 aromatic heterocycles. The molecule has 6 amide bonds. The molecule has 0 spiro atoms. The zero-order valence-electron chi connectivity index (χ0n) is 46.8. The Kier molecular flexibility index (Phi) is 32.1. The van der Waals surface area contributed by atoms with Crippen LogP contribution in [0.15, 0.2) is 60.7 Å². The third kappa shape index (κ3) is 26.0. The Labute approximate surface area is 481 Å². The molecule has 80 heavy (non-hydrogen) atoms. The zero-order chi connectivity index (χ0) is 58.1. The van der Waals surface area contributed by atoms with E-state index in [1.165, 1.54) is 14.2 Å². The van der Waals surface area contributed by atoms with E-state index in [-0.39, 0.29) is 48.2 Å². The summed E-state index contributed by atoms with van der Waals surface area (Å²) in [4.78, 5) is 72.3. The van der Waals surface area contributed by atoms with Gasteiger partial charge in [-0.05, 0) is 126 Å². The quantitative estimate of drug-likeness (QED) is 0.0393. The first kappa shape index (κ1) is 67.0. The highest BCUT2D eigenvalue weighted by Crippen LogP contribution is 2.36. The van der Waals surface area contributed by atoms with Gasteiger partial charge in [0.2, 0.25) is 0 Å². The number of likely N-dealkylation sites (tertiary alicyclic amines) is 2. The summed E-state index contributed by atoms with van der Waals surface area (Å²) in [5, 5.41) is 35.1. The topological polar surface area (TPSA) is 277 Å². The molecule has 0 unspecified atom stereocenters. The highest BCUT2D eigenvalue weighted by atomic mass is 35.5. The number of carboxylic acids is 2. The fraction of sp³-hybridized carbons (Fsp3) is 0.643. The second kappa shape index (κ2) is 38.3. The van der Waals surface area contributed by atoms with Crippen LogP contribution < -0.4 is 31.9 Å². The molecule has 24 heteroatoms. The number of carbonyl (C=O) groups excluding carboxylic acids is 4. The van der Waals surface area contributed by atoms with E-state index in [0.29, 0.717) is 86.5 Å². The smallest absolute Gasteiger partial charge is 0.406 e. The maximum absolute atomic E-state index is 13.3. The van der Waals surface area contributed by atoms with E-state index in [1.807, 2.05) is 72.4 Å². The Hall–Kier alpha value is -5.46. The number of hydrogen-bond donors (Lipinski definition) is 8. The van der Waals surface area contributed by atoms with E-state index in [0.717, 1.165) is 115 Å². The van der Waals surface area contributed by atoms with Crippen LogP contribution in [0.25, 0.3) is 0 Å². The molecule has 448 valence electrons. The first-order chi connectivity index (χ1) is 38.6. The first-order valence-corrected chi connectivity index (χ1v) is 28.5. The molecule has 4 saturated heterocycles. The lowest BCUT2D eigenvalue weighted by molar-refractivity contribution is -0.134. The van der Waals surface area contributed by atoms with Crippen molar-refractivity contribution in [3.63, 3.8) is 0 Å². The predicted octanol–water partition coefficient (Wildman–Crippen LogP) is 6.87. The number of carboxylic acid groups (broad SMARTS) is 2. The van der Waals surface area contributed by atoms with E-state index < -0.39 is 24.1 Å². The highest BCUT2D eigenvalue weighted by Gasteiger charge is 2.34. The number of piperidine rings is 2. The summed E-state index contributed by atoms with van der Waals surface area (Å²) in [5.74, 6) is -1.34. The van der Waals surface area contributed by atoms with Crippen LogP contribution in [0.2, 0.25) is 10.0 Å². The number of amides is 6. The molecular weight excluding hydrogens is 1080 g/mol. The van der Waals surface area contributed by atoms with Crippen LogP contribution in [0.4, 0.5) is 19.2 Å². The maximum Gasteiger partial charge on any atom is 0.406 e. The Bertz CT molecular complexity index is 2060. The van der Waals surface area contributed by atoms with Gasteiger partial charge in [-0.25, -0.2) is 28.8 Å². The van der Waals surface area contributed by atoms with Crippen molar-refractivity contribution in [3.05, 3.63) is 81.9 Å². The van der Waals surface area contributed by atoms with E-state index in [9.17, 15) is 28.8 Å². The van der Waals surface area contributed by atoms with E-state index in [2.05, 4.69) is 41.4 Å². The molecular formula is C56H86Cl2N8O14. The molecule has 22 nitrogen and oxygen atoms in total. The van der Waals surface area contributed by atoms with Crippen LogP contribution in [0.1, 0.15) is 87.5 Å². The van der Waals surface area contributed by atoms with Gasteiger partial charge in [0, 0.05) is 125 Å². The number of methoxy groups -OCH3 is 2. The SMILES string of the molecule is CNC[C@H](C[C@H]1CCCOC1)NC(=O)N1CCC[C@@H]([C@@H](OCCNC(=O)OC)c2cccc(Cl)c2)C1.CNC[C@H](C[C@H]1CCCOC1)NC(=O)N1CCC[C@@H]([C@@H](OCCNC(=O)OC)c2cccc(Cl)c2)C1.O=C(O)/C=C/C(=O)O. The Morgan fingerprint density at radius 1 is 0.637 bits per heavy atom. The minimum absolute atomic E-state index is 0.0334. The van der Waals surface area contributed by atoms with Gasteiger partial charge in [-0.15, -0.1) is 0 Å². The minimum Gasteiger partial charge on any atom is -0.478 e. The van der Waals surface area contributed by atoms with Gasteiger partial charge in [-0.2, -0.15) is 0 Å². The third-order valence-corrected chi connectivity index (χ3v) is 14.5. The van der Waals surface area contributed by atoms with Crippen molar-refractivity contribution in [1.82, 2.24) is 41.7 Å². The number of halogens is 2. The van der Waals surface area contributed by atoms with Gasteiger partial charge in [0.05, 0.1) is 39.6 Å². The average molecular weight is 1170 g/mol. The third-order valence-electron chi connectivity index (χ3n) is 14.1. The van der Waals surface area contributed by atoms with Crippen LogP contribution in [-0.4, -0.2) is 189 Å². The summed E-state index contributed by atoms with van der Waals surface area (Å²) < 4.78 is 33.0. The molecule has 2 aromatic carbocycles. The summed E-state index contributed by atoms with van der Waals surface area (Å²) in [7, 11) is 6.48. The van der Waals surface area contributed by atoms with Gasteiger partial charge < -0.3 is 80.3 Å². The highest BCUT2D eigenvalue weighted by molar-refractivity contribution is 6.30. The fourth-order valence-electron chi connectivity index (χ4n) is 10.4. The molecule has 8 N–H and O–H groups in total. The molecule has 4 aliphatic heterocycles. The molecule has 4 fully saturated rings. The number of nitrogens with one attached hydrogen (secondary N) is 6. The van der Waals surface area contributed by atoms with Gasteiger partial charge in [-0.3, -0.25) is 0 Å². The van der Waals surface area contributed by atoms with Crippen LogP contribution in [0.3, 0.4) is 0 Å². The number of aliphatic carboxylic acids is 2. The maximum atomic E-state index is 13.3. The Morgan fingerprint density at radius 2 is 1.05 bits per heavy atom. The fourth-order valence-corrected chi connectivity index (χ4v) is 10.8. The van der Waals surface area contributed by atoms with Gasteiger partial charge in [0.15, 0.2) is 0 Å². The average Bonchev–Trinajstić information content (AvgIpc) is 3.48. The number of likely N-dealkylation sites (N-methyl/N-ethyl adjacent to an activating group) is 2. The normalized spacial score (nSPS) is 20.7. The summed E-state index contributed by atoms with van der Waals surface area (Å²) in [5.41, 5.74) is 1.94. The monoisotopic (exact) mass is 1160 g/mol. The lowest BCUT2D eigenvalue weighted by atomic mass is 9.88. The number of ether oxygens (including phenoxy) is 6. The number of benzene rings is 2. The molecule has 4 aliphatic rings. The molecule has 0 aliphatic carbocycles. The number of rotatable bonds is 24. The summed E-state index contributed by atoms with van der Waals surface area (Å²) >= 11 is 12.6. The summed E-state index contributed by atoms with van der Waals surface area (Å²) in [6.45, 7) is 8.57. The van der Waals surface area contributed by atoms with Crippen molar-refractivity contribution in [2.24, 2.45) is 23.7 Å². The molecule has 2 aromatic rings. The molecule has 0 radical (unpaired) electrons. The van der Waals surface area contributed by atoms with Crippen molar-refractivity contribution in [3.8, 4) is 0 Å². The summed E-state index contributed by atoms with van der Waals surface area (Å²) in [6.07, 6.45) is 9.57. The first-order valence-electron chi connectivity index (χ1n) is 27.7.